The van der Waals surface area contributed by atoms with Crippen LogP contribution in [0.5, 0.6) is 0 Å². The molecule has 0 atom stereocenters. The summed E-state index contributed by atoms with van der Waals surface area (Å²) in [6.07, 6.45) is -2.83. The average molecular weight is 548 g/mol. The first kappa shape index (κ1) is 30.1. The second kappa shape index (κ2) is 13.4. The number of aromatic nitrogens is 2. The Bertz CT molecular complexity index is 1130. The van der Waals surface area contributed by atoms with Gasteiger partial charge in [-0.25, -0.2) is 14.6 Å². The molecule has 4 heterocycles. The lowest BCUT2D eigenvalue weighted by Gasteiger charge is -2.23. The van der Waals surface area contributed by atoms with Crippen molar-refractivity contribution >= 4 is 17.8 Å². The van der Waals surface area contributed by atoms with Crippen molar-refractivity contribution in [1.82, 2.24) is 14.9 Å². The number of furan rings is 1. The number of anilines is 1. The molecule has 0 saturated carbocycles. The van der Waals surface area contributed by atoms with E-state index in [0.29, 0.717) is 0 Å². The van der Waals surface area contributed by atoms with E-state index in [2.05, 4.69) is 31.9 Å². The number of carboxylic acids is 2. The zero-order valence-corrected chi connectivity index (χ0v) is 19.5. The summed E-state index contributed by atoms with van der Waals surface area (Å²) in [4.78, 5) is 31.4. The number of hydrogen-bond acceptors (Lipinski definition) is 7. The quantitative estimate of drug-likeness (QED) is 0.459. The normalized spacial score (nSPS) is 13.7. The largest absolute Gasteiger partial charge is 0.490 e. The highest BCUT2D eigenvalue weighted by atomic mass is 19.4. The topological polar surface area (TPSA) is 120 Å². The molecular formula is C23H22F6N4O5. The van der Waals surface area contributed by atoms with Crippen molar-refractivity contribution in [3.05, 3.63) is 78.1 Å². The maximum absolute atomic E-state index is 10.6. The van der Waals surface area contributed by atoms with Gasteiger partial charge < -0.3 is 19.5 Å². The Labute approximate surface area is 211 Å². The molecule has 0 aliphatic carbocycles. The van der Waals surface area contributed by atoms with E-state index in [1.807, 2.05) is 42.9 Å². The number of carbonyl (C=O) groups is 2. The third-order valence-electron chi connectivity index (χ3n) is 4.79. The van der Waals surface area contributed by atoms with Crippen LogP contribution in [0.25, 0.3) is 0 Å². The van der Waals surface area contributed by atoms with Crippen molar-refractivity contribution in [3.63, 3.8) is 0 Å². The molecule has 4 rings (SSSR count). The van der Waals surface area contributed by atoms with Gasteiger partial charge in [-0.15, -0.1) is 0 Å². The predicted octanol–water partition coefficient (Wildman–Crippen LogP) is 4.36. The van der Waals surface area contributed by atoms with E-state index in [-0.39, 0.29) is 0 Å². The first-order valence-electron chi connectivity index (χ1n) is 10.7. The van der Waals surface area contributed by atoms with Gasteiger partial charge in [-0.1, -0.05) is 12.1 Å². The van der Waals surface area contributed by atoms with Gasteiger partial charge in [-0.05, 0) is 29.8 Å². The minimum Gasteiger partial charge on any atom is -0.475 e. The number of rotatable bonds is 4. The summed E-state index contributed by atoms with van der Waals surface area (Å²) in [6.45, 7) is 4.43. The molecule has 15 heteroatoms. The van der Waals surface area contributed by atoms with E-state index in [9.17, 15) is 26.3 Å². The van der Waals surface area contributed by atoms with Gasteiger partial charge in [0.25, 0.3) is 0 Å². The Morgan fingerprint density at radius 1 is 0.895 bits per heavy atom. The predicted molar refractivity (Wildman–Crippen MR) is 120 cm³/mol. The van der Waals surface area contributed by atoms with E-state index in [0.717, 1.165) is 44.3 Å². The third kappa shape index (κ3) is 10.1. The van der Waals surface area contributed by atoms with Crippen LogP contribution in [0.4, 0.5) is 32.2 Å². The second-order valence-corrected chi connectivity index (χ2v) is 7.66. The van der Waals surface area contributed by atoms with E-state index in [4.69, 9.17) is 24.2 Å². The lowest BCUT2D eigenvalue weighted by atomic mass is 10.2. The summed E-state index contributed by atoms with van der Waals surface area (Å²) >= 11 is 0. The van der Waals surface area contributed by atoms with Crippen molar-refractivity contribution in [2.45, 2.75) is 32.0 Å². The third-order valence-corrected chi connectivity index (χ3v) is 4.79. The molecular weight excluding hydrogens is 526 g/mol. The summed E-state index contributed by atoms with van der Waals surface area (Å²) in [5, 5.41) is 14.2. The van der Waals surface area contributed by atoms with Crippen LogP contribution >= 0.6 is 0 Å². The molecule has 0 bridgehead atoms. The van der Waals surface area contributed by atoms with Crippen molar-refractivity contribution in [1.29, 1.82) is 0 Å². The van der Waals surface area contributed by atoms with E-state index >= 15 is 0 Å². The van der Waals surface area contributed by atoms with E-state index in [1.54, 1.807) is 6.26 Å². The second-order valence-electron chi connectivity index (χ2n) is 7.66. The van der Waals surface area contributed by atoms with Gasteiger partial charge in [-0.3, -0.25) is 9.88 Å². The van der Waals surface area contributed by atoms with Crippen molar-refractivity contribution in [2.75, 3.05) is 18.0 Å². The van der Waals surface area contributed by atoms with Crippen LogP contribution < -0.4 is 4.90 Å². The van der Waals surface area contributed by atoms with Gasteiger partial charge in [0.05, 0.1) is 12.8 Å². The molecule has 0 aromatic carbocycles. The SMILES string of the molecule is O=C(O)C(F)(F)F.O=C(O)C(F)(F)F.c1cncc(CN2CCN(Cc3ccco3)Cc3cccnc32)c1. The number of aliphatic carboxylic acids is 2. The highest BCUT2D eigenvalue weighted by Gasteiger charge is 2.38. The summed E-state index contributed by atoms with van der Waals surface area (Å²) in [7, 11) is 0. The minimum atomic E-state index is -5.08. The van der Waals surface area contributed by atoms with Crippen molar-refractivity contribution in [3.8, 4) is 0 Å². The number of carboxylic acid groups (broad SMARTS) is 2. The monoisotopic (exact) mass is 548 g/mol. The number of alkyl halides is 6. The number of fused-ring (bicyclic) bond motifs is 1. The molecule has 38 heavy (non-hydrogen) atoms. The highest BCUT2D eigenvalue weighted by Crippen LogP contribution is 2.25. The van der Waals surface area contributed by atoms with Gasteiger partial charge in [0.1, 0.15) is 11.6 Å². The molecule has 9 nitrogen and oxygen atoms in total. The summed E-state index contributed by atoms with van der Waals surface area (Å²) in [6, 6.07) is 12.2. The molecule has 1 aliphatic rings. The molecule has 0 spiro atoms. The molecule has 3 aromatic rings. The Hall–Kier alpha value is -4.14. The summed E-state index contributed by atoms with van der Waals surface area (Å²) < 4.78 is 69.0. The Balaban J connectivity index is 0.000000301. The highest BCUT2D eigenvalue weighted by molar-refractivity contribution is 5.73. The molecule has 206 valence electrons. The van der Waals surface area contributed by atoms with Gasteiger partial charge in [0, 0.05) is 50.3 Å². The van der Waals surface area contributed by atoms with Crippen LogP contribution in [-0.4, -0.2) is 62.5 Å². The minimum absolute atomic E-state index is 0.821. The molecule has 3 aromatic heterocycles. The van der Waals surface area contributed by atoms with Crippen LogP contribution in [0.2, 0.25) is 0 Å². The van der Waals surface area contributed by atoms with Crippen LogP contribution in [0.1, 0.15) is 16.9 Å². The Morgan fingerprint density at radius 2 is 1.53 bits per heavy atom. The van der Waals surface area contributed by atoms with Gasteiger partial charge in [0.2, 0.25) is 0 Å². The fourth-order valence-electron chi connectivity index (χ4n) is 3.15. The van der Waals surface area contributed by atoms with Gasteiger partial charge >= 0.3 is 24.3 Å². The molecule has 0 radical (unpaired) electrons. The van der Waals surface area contributed by atoms with Crippen LogP contribution in [-0.2, 0) is 29.2 Å². The lowest BCUT2D eigenvalue weighted by molar-refractivity contribution is -0.193. The van der Waals surface area contributed by atoms with Crippen LogP contribution in [0.15, 0.2) is 65.7 Å². The summed E-state index contributed by atoms with van der Waals surface area (Å²) in [5.41, 5.74) is 2.46. The number of hydrogen-bond donors (Lipinski definition) is 2. The molecule has 0 unspecified atom stereocenters. The van der Waals surface area contributed by atoms with Crippen LogP contribution in [0, 0.1) is 0 Å². The van der Waals surface area contributed by atoms with Crippen LogP contribution in [0.3, 0.4) is 0 Å². The molecule has 1 aliphatic heterocycles. The zero-order chi connectivity index (χ0) is 28.3. The fourth-order valence-corrected chi connectivity index (χ4v) is 3.15. The van der Waals surface area contributed by atoms with E-state index in [1.165, 1.54) is 11.1 Å². The van der Waals surface area contributed by atoms with Crippen molar-refractivity contribution in [2.24, 2.45) is 0 Å². The number of halogens is 6. The lowest BCUT2D eigenvalue weighted by Crippen LogP contribution is -2.31. The van der Waals surface area contributed by atoms with Gasteiger partial charge in [0.15, 0.2) is 0 Å². The molecule has 2 N–H and O–H groups in total. The molecule has 0 fully saturated rings. The average Bonchev–Trinajstić information content (AvgIpc) is 3.29. The first-order chi connectivity index (χ1) is 17.8. The van der Waals surface area contributed by atoms with Crippen molar-refractivity contribution < 1.29 is 50.6 Å². The smallest absolute Gasteiger partial charge is 0.475 e. The maximum atomic E-state index is 10.6. The maximum Gasteiger partial charge on any atom is 0.490 e. The number of pyridine rings is 2. The molecule has 0 saturated heterocycles. The Morgan fingerprint density at radius 3 is 2.05 bits per heavy atom. The van der Waals surface area contributed by atoms with E-state index < -0.39 is 24.3 Å². The number of nitrogens with zero attached hydrogens (tertiary/aromatic N) is 4. The zero-order valence-electron chi connectivity index (χ0n) is 19.5. The fraction of sp³-hybridized carbons (Fsp3) is 0.304. The molecule has 0 amide bonds. The summed E-state index contributed by atoms with van der Waals surface area (Å²) in [5.74, 6) is -3.44. The standard InChI is InChI=1S/C19H20N4O.2C2HF3O2/c1-4-16(12-20-7-1)13-23-10-9-22(15-18-6-3-11-24-18)14-17-5-2-8-21-19(17)23;2*3-2(4,5)1(6)7/h1-8,11-12H,9-10,13-15H2;2*(H,6,7). The Kier molecular flexibility index (Phi) is 10.6. The van der Waals surface area contributed by atoms with Gasteiger partial charge in [-0.2, -0.15) is 26.3 Å². The first-order valence-corrected chi connectivity index (χ1v) is 10.7.